The van der Waals surface area contributed by atoms with E-state index < -0.39 is 15.6 Å². The predicted octanol–water partition coefficient (Wildman–Crippen LogP) is 9.94. The van der Waals surface area contributed by atoms with Gasteiger partial charge in [0.25, 0.3) is 0 Å². The average Bonchev–Trinajstić information content (AvgIpc) is 2.89. The average molecular weight is 801 g/mol. The molecule has 1 aliphatic heterocycles. The number of hydrogen-bond donors (Lipinski definition) is 1. The van der Waals surface area contributed by atoms with Gasteiger partial charge in [-0.15, -0.1) is 0 Å². The Balaban J connectivity index is 0.000000227. The first-order valence-corrected chi connectivity index (χ1v) is 16.4. The van der Waals surface area contributed by atoms with Gasteiger partial charge in [-0.05, 0) is 117 Å². The third kappa shape index (κ3) is 10.1. The number of aromatic hydroxyl groups is 1. The molecule has 0 fully saturated rings. The number of phenols is 1. The predicted molar refractivity (Wildman–Crippen MR) is 172 cm³/mol. The third-order valence-electron chi connectivity index (χ3n) is 6.09. The zero-order valence-electron chi connectivity index (χ0n) is 23.9. The van der Waals surface area contributed by atoms with Crippen molar-refractivity contribution >= 4 is 63.5 Å². The fourth-order valence-electron chi connectivity index (χ4n) is 3.97. The van der Waals surface area contributed by atoms with Gasteiger partial charge in [0.2, 0.25) is 0 Å². The molecule has 12 heteroatoms. The van der Waals surface area contributed by atoms with Crippen LogP contribution < -0.4 is 4.18 Å². The van der Waals surface area contributed by atoms with Crippen LogP contribution in [0, 0.1) is 41.5 Å². The summed E-state index contributed by atoms with van der Waals surface area (Å²) in [5.74, 6) is -0.0290. The Morgan fingerprint density at radius 3 is 1.55 bits per heavy atom. The summed E-state index contributed by atoms with van der Waals surface area (Å²) in [7, 11) is -5.61. The van der Waals surface area contributed by atoms with Crippen molar-refractivity contribution in [3.05, 3.63) is 94.8 Å². The van der Waals surface area contributed by atoms with Crippen molar-refractivity contribution in [2.24, 2.45) is 0 Å². The maximum absolute atomic E-state index is 12.1. The number of phenolic OH excluding ortho intramolecular Hbond substituents is 1. The molecule has 5 nitrogen and oxygen atoms in total. The Hall–Kier alpha value is -1.86. The molecular formula is C30H32Br3F3O5S. The molecule has 0 amide bonds. The molecule has 0 saturated heterocycles. The lowest BCUT2D eigenvalue weighted by Crippen LogP contribution is -2.28. The second kappa shape index (κ2) is 15.2. The SMILES string of the molecule is Cc1cc(C2=CCOCC2)cc(C)c1Br.Cc1cc(O)cc(C)c1Br.Cc1cc(OS(=O)(=O)C(F)(F)F)cc(C)c1Br. The van der Waals surface area contributed by atoms with Crippen LogP contribution in [0.2, 0.25) is 0 Å². The summed E-state index contributed by atoms with van der Waals surface area (Å²) in [6.07, 6.45) is 3.21. The maximum atomic E-state index is 12.1. The maximum Gasteiger partial charge on any atom is 0.534 e. The van der Waals surface area contributed by atoms with E-state index in [-0.39, 0.29) is 5.75 Å². The first-order chi connectivity index (χ1) is 19.3. The lowest BCUT2D eigenvalue weighted by atomic mass is 9.98. The fraction of sp³-hybridized carbons (Fsp3) is 0.333. The van der Waals surface area contributed by atoms with Crippen molar-refractivity contribution < 1.29 is 35.6 Å². The van der Waals surface area contributed by atoms with Gasteiger partial charge in [-0.3, -0.25) is 0 Å². The second-order valence-electron chi connectivity index (χ2n) is 9.73. The summed E-state index contributed by atoms with van der Waals surface area (Å²) < 4.78 is 70.1. The molecule has 4 rings (SSSR count). The number of hydrogen-bond acceptors (Lipinski definition) is 5. The highest BCUT2D eigenvalue weighted by Crippen LogP contribution is 2.31. The number of ether oxygens (including phenoxy) is 1. The van der Waals surface area contributed by atoms with E-state index in [4.69, 9.17) is 9.84 Å². The first-order valence-electron chi connectivity index (χ1n) is 12.6. The summed E-state index contributed by atoms with van der Waals surface area (Å²) in [5.41, 5.74) is 3.23. The molecule has 1 heterocycles. The normalized spacial score (nSPS) is 13.3. The Morgan fingerprint density at radius 2 is 1.17 bits per heavy atom. The number of rotatable bonds is 3. The molecule has 0 atom stereocenters. The van der Waals surface area contributed by atoms with E-state index in [1.807, 2.05) is 13.8 Å². The number of alkyl halides is 3. The van der Waals surface area contributed by atoms with E-state index in [0.29, 0.717) is 21.3 Å². The van der Waals surface area contributed by atoms with E-state index >= 15 is 0 Å². The molecule has 1 N–H and O–H groups in total. The second-order valence-corrected chi connectivity index (χ2v) is 13.6. The molecule has 0 aliphatic carbocycles. The van der Waals surface area contributed by atoms with E-state index in [2.05, 4.69) is 84.0 Å². The minimum absolute atomic E-state index is 0.332. The van der Waals surface area contributed by atoms with Crippen molar-refractivity contribution in [3.63, 3.8) is 0 Å². The van der Waals surface area contributed by atoms with Crippen LogP contribution in [0.4, 0.5) is 13.2 Å². The Kier molecular flexibility index (Phi) is 13.2. The monoisotopic (exact) mass is 798 g/mol. The Bertz CT molecular complexity index is 1500. The minimum atomic E-state index is -5.61. The van der Waals surface area contributed by atoms with Crippen LogP contribution in [-0.2, 0) is 14.9 Å². The molecule has 0 radical (unpaired) electrons. The summed E-state index contributed by atoms with van der Waals surface area (Å²) in [6, 6.07) is 10.4. The topological polar surface area (TPSA) is 72.8 Å². The minimum Gasteiger partial charge on any atom is -0.508 e. The highest BCUT2D eigenvalue weighted by molar-refractivity contribution is 9.11. The molecular weight excluding hydrogens is 769 g/mol. The van der Waals surface area contributed by atoms with Gasteiger partial charge in [-0.2, -0.15) is 21.6 Å². The van der Waals surface area contributed by atoms with Gasteiger partial charge in [-0.1, -0.05) is 66.0 Å². The lowest BCUT2D eigenvalue weighted by Gasteiger charge is -2.15. The van der Waals surface area contributed by atoms with Crippen LogP contribution in [0.3, 0.4) is 0 Å². The van der Waals surface area contributed by atoms with Crippen LogP contribution in [0.5, 0.6) is 11.5 Å². The van der Waals surface area contributed by atoms with Crippen molar-refractivity contribution in [2.75, 3.05) is 13.2 Å². The van der Waals surface area contributed by atoms with Crippen LogP contribution in [-0.4, -0.2) is 32.2 Å². The number of aryl methyl sites for hydroxylation is 6. The van der Waals surface area contributed by atoms with Crippen molar-refractivity contribution in [3.8, 4) is 11.5 Å². The van der Waals surface area contributed by atoms with Gasteiger partial charge in [-0.25, -0.2) is 0 Å². The van der Waals surface area contributed by atoms with E-state index in [1.54, 1.807) is 26.0 Å². The zero-order valence-corrected chi connectivity index (χ0v) is 29.5. The largest absolute Gasteiger partial charge is 0.534 e. The van der Waals surface area contributed by atoms with Crippen LogP contribution in [0.1, 0.15) is 45.4 Å². The number of benzene rings is 3. The van der Waals surface area contributed by atoms with E-state index in [9.17, 15) is 21.6 Å². The molecule has 0 saturated carbocycles. The highest BCUT2D eigenvalue weighted by Gasteiger charge is 2.48. The third-order valence-corrected chi connectivity index (χ3v) is 10.8. The summed E-state index contributed by atoms with van der Waals surface area (Å²) in [6.45, 7) is 13.0. The molecule has 42 heavy (non-hydrogen) atoms. The quantitative estimate of drug-likeness (QED) is 0.211. The first kappa shape index (κ1) is 36.3. The smallest absolute Gasteiger partial charge is 0.508 e. The molecule has 0 aromatic heterocycles. The standard InChI is InChI=1S/C13H15BrO.C9H8BrF3O3S.C8H9BrO/c1-9-7-12(8-10(2)13(9)14)11-3-5-15-6-4-11;1-5-3-7(4-6(2)8(5)10)16-17(14,15)9(11,12)13;1-5-3-7(10)4-6(2)8(5)9/h3,7-8H,4-6H2,1-2H3;3-4H,1-2H3;3-4,10H,1-2H3. The number of halogens is 6. The molecule has 0 spiro atoms. The molecule has 3 aromatic rings. The highest BCUT2D eigenvalue weighted by atomic mass is 79.9. The lowest BCUT2D eigenvalue weighted by molar-refractivity contribution is -0.0500. The van der Waals surface area contributed by atoms with Gasteiger partial charge in [0.1, 0.15) is 11.5 Å². The summed E-state index contributed by atoms with van der Waals surface area (Å²) in [5, 5.41) is 9.10. The Morgan fingerprint density at radius 1 is 0.762 bits per heavy atom. The van der Waals surface area contributed by atoms with Crippen LogP contribution in [0.25, 0.3) is 5.57 Å². The molecule has 1 aliphatic rings. The van der Waals surface area contributed by atoms with Crippen molar-refractivity contribution in [1.29, 1.82) is 0 Å². The van der Waals surface area contributed by atoms with Crippen LogP contribution in [0.15, 0.2) is 55.9 Å². The van der Waals surface area contributed by atoms with Gasteiger partial charge < -0.3 is 14.0 Å². The molecule has 230 valence electrons. The van der Waals surface area contributed by atoms with Gasteiger partial charge in [0.05, 0.1) is 13.2 Å². The van der Waals surface area contributed by atoms with Gasteiger partial charge in [0.15, 0.2) is 0 Å². The zero-order chi connectivity index (χ0) is 32.0. The van der Waals surface area contributed by atoms with E-state index in [0.717, 1.165) is 35.2 Å². The van der Waals surface area contributed by atoms with E-state index in [1.165, 1.54) is 38.9 Å². The fourth-order valence-corrected chi connectivity index (χ4v) is 5.10. The van der Waals surface area contributed by atoms with Gasteiger partial charge in [0, 0.05) is 13.4 Å². The van der Waals surface area contributed by atoms with Crippen LogP contribution >= 0.6 is 47.8 Å². The summed E-state index contributed by atoms with van der Waals surface area (Å²) in [4.78, 5) is 0. The Labute approximate surface area is 270 Å². The molecule has 3 aromatic carbocycles. The van der Waals surface area contributed by atoms with Crippen molar-refractivity contribution in [2.45, 2.75) is 53.5 Å². The van der Waals surface area contributed by atoms with Gasteiger partial charge >= 0.3 is 15.6 Å². The molecule has 0 bridgehead atoms. The van der Waals surface area contributed by atoms with Crippen molar-refractivity contribution in [1.82, 2.24) is 0 Å². The summed E-state index contributed by atoms with van der Waals surface area (Å²) >= 11 is 10.2. The molecule has 0 unspecified atom stereocenters.